The van der Waals surface area contributed by atoms with Crippen molar-refractivity contribution in [3.63, 3.8) is 0 Å². The molecule has 5 nitrogen and oxygen atoms in total. The molecule has 1 rings (SSSR count). The Balaban J connectivity index is 2.88. The number of nitro groups is 1. The van der Waals surface area contributed by atoms with Gasteiger partial charge >= 0.3 is 5.69 Å². The van der Waals surface area contributed by atoms with E-state index in [1.807, 2.05) is 36.4 Å². The molecule has 0 saturated heterocycles. The summed E-state index contributed by atoms with van der Waals surface area (Å²) in [6, 6.07) is 4.85. The third kappa shape index (κ3) is 4.12. The molecular formula is C11H15IN2O3. The molecule has 0 heterocycles. The maximum atomic E-state index is 10.9. The Hall–Kier alpha value is -0.890. The van der Waals surface area contributed by atoms with E-state index in [-0.39, 0.29) is 18.0 Å². The van der Waals surface area contributed by atoms with Crippen molar-refractivity contribution in [2.24, 2.45) is 5.73 Å². The van der Waals surface area contributed by atoms with Gasteiger partial charge in [0.2, 0.25) is 0 Å². The number of nitrogens with two attached hydrogens (primary N) is 1. The Bertz CT molecular complexity index is 421. The number of nitrogens with zero attached hydrogens (tertiary/aromatic N) is 1. The van der Waals surface area contributed by atoms with Gasteiger partial charge in [0.05, 0.1) is 4.92 Å². The monoisotopic (exact) mass is 350 g/mol. The van der Waals surface area contributed by atoms with Crippen molar-refractivity contribution in [1.29, 1.82) is 0 Å². The Kier molecular flexibility index (Phi) is 4.70. The van der Waals surface area contributed by atoms with Crippen LogP contribution in [-0.2, 0) is 0 Å². The van der Waals surface area contributed by atoms with Crippen molar-refractivity contribution in [3.05, 3.63) is 31.9 Å². The van der Waals surface area contributed by atoms with E-state index in [1.54, 1.807) is 12.1 Å². The summed E-state index contributed by atoms with van der Waals surface area (Å²) in [5, 5.41) is 10.9. The molecule has 1 aromatic carbocycles. The lowest BCUT2D eigenvalue weighted by Crippen LogP contribution is -2.41. The first-order chi connectivity index (χ1) is 7.85. The highest BCUT2D eigenvalue weighted by Crippen LogP contribution is 2.29. The molecule has 0 saturated carbocycles. The Morgan fingerprint density at radius 2 is 2.24 bits per heavy atom. The molecule has 1 aromatic rings. The highest BCUT2D eigenvalue weighted by Gasteiger charge is 2.20. The Morgan fingerprint density at radius 3 is 2.76 bits per heavy atom. The molecule has 2 N–H and O–H groups in total. The van der Waals surface area contributed by atoms with E-state index in [2.05, 4.69) is 0 Å². The van der Waals surface area contributed by atoms with Crippen LogP contribution < -0.4 is 10.5 Å². The van der Waals surface area contributed by atoms with Crippen molar-refractivity contribution >= 4 is 28.3 Å². The quantitative estimate of drug-likeness (QED) is 0.503. The van der Waals surface area contributed by atoms with Gasteiger partial charge in [-0.25, -0.2) is 0 Å². The maximum absolute atomic E-state index is 10.9. The van der Waals surface area contributed by atoms with Crippen LogP contribution in [0, 0.1) is 13.7 Å². The van der Waals surface area contributed by atoms with Crippen LogP contribution in [0.3, 0.4) is 0 Å². The predicted octanol–water partition coefficient (Wildman–Crippen LogP) is 2.71. The fourth-order valence-electron chi connectivity index (χ4n) is 1.10. The van der Waals surface area contributed by atoms with Crippen LogP contribution in [0.4, 0.5) is 5.69 Å². The average Bonchev–Trinajstić information content (AvgIpc) is 2.27. The summed E-state index contributed by atoms with van der Waals surface area (Å²) in [6.07, 6.45) is 0.741. The molecule has 6 heteroatoms. The van der Waals surface area contributed by atoms with Gasteiger partial charge in [0.25, 0.3) is 0 Å². The zero-order valence-corrected chi connectivity index (χ0v) is 11.9. The van der Waals surface area contributed by atoms with E-state index in [0.717, 1.165) is 9.99 Å². The van der Waals surface area contributed by atoms with E-state index in [1.165, 1.54) is 6.07 Å². The van der Waals surface area contributed by atoms with Crippen LogP contribution in [0.15, 0.2) is 18.2 Å². The standard InChI is InChI=1S/C11H15IN2O3/c1-3-11(2,13)7-17-10-5-4-8(12)6-9(10)14(15)16/h4-6H,3,7,13H2,1-2H3. The first-order valence-corrected chi connectivity index (χ1v) is 6.29. The lowest BCUT2D eigenvalue weighted by Gasteiger charge is -2.22. The van der Waals surface area contributed by atoms with Gasteiger partial charge in [0.15, 0.2) is 5.75 Å². The highest BCUT2D eigenvalue weighted by atomic mass is 127. The summed E-state index contributed by atoms with van der Waals surface area (Å²) >= 11 is 2.02. The summed E-state index contributed by atoms with van der Waals surface area (Å²) < 4.78 is 6.24. The van der Waals surface area contributed by atoms with Gasteiger partial charge < -0.3 is 10.5 Å². The van der Waals surface area contributed by atoms with Crippen molar-refractivity contribution in [2.45, 2.75) is 25.8 Å². The van der Waals surface area contributed by atoms with Crippen LogP contribution >= 0.6 is 22.6 Å². The van der Waals surface area contributed by atoms with E-state index in [9.17, 15) is 10.1 Å². The molecule has 1 unspecified atom stereocenters. The second-order valence-corrected chi connectivity index (χ2v) is 5.41. The highest BCUT2D eigenvalue weighted by molar-refractivity contribution is 14.1. The summed E-state index contributed by atoms with van der Waals surface area (Å²) in [5.74, 6) is 0.264. The van der Waals surface area contributed by atoms with E-state index in [4.69, 9.17) is 10.5 Å². The number of hydrogen-bond acceptors (Lipinski definition) is 4. The fraction of sp³-hybridized carbons (Fsp3) is 0.455. The normalized spacial score (nSPS) is 14.1. The summed E-state index contributed by atoms with van der Waals surface area (Å²) in [7, 11) is 0. The van der Waals surface area contributed by atoms with Gasteiger partial charge in [-0.3, -0.25) is 10.1 Å². The molecule has 0 fully saturated rings. The number of nitro benzene ring substituents is 1. The SMILES string of the molecule is CCC(C)(N)COc1ccc(I)cc1[N+](=O)[O-]. The molecule has 0 aliphatic heterocycles. The van der Waals surface area contributed by atoms with Gasteiger partial charge in [0.1, 0.15) is 6.61 Å². The average molecular weight is 350 g/mol. The molecule has 1 atom stereocenters. The molecule has 0 aromatic heterocycles. The first kappa shape index (κ1) is 14.2. The third-order valence-corrected chi connectivity index (χ3v) is 3.15. The summed E-state index contributed by atoms with van der Waals surface area (Å²) in [5.41, 5.74) is 5.42. The summed E-state index contributed by atoms with van der Waals surface area (Å²) in [4.78, 5) is 10.4. The molecule has 0 aliphatic carbocycles. The minimum absolute atomic E-state index is 0.0243. The zero-order valence-electron chi connectivity index (χ0n) is 9.77. The van der Waals surface area contributed by atoms with Crippen LogP contribution in [0.25, 0.3) is 0 Å². The predicted molar refractivity (Wildman–Crippen MR) is 74.2 cm³/mol. The maximum Gasteiger partial charge on any atom is 0.311 e. The van der Waals surface area contributed by atoms with Crippen molar-refractivity contribution < 1.29 is 9.66 Å². The molecule has 94 valence electrons. The number of rotatable bonds is 5. The Labute approximate surface area is 114 Å². The van der Waals surface area contributed by atoms with Gasteiger partial charge in [-0.05, 0) is 48.1 Å². The van der Waals surface area contributed by atoms with E-state index >= 15 is 0 Å². The van der Waals surface area contributed by atoms with Crippen molar-refractivity contribution in [3.8, 4) is 5.75 Å². The van der Waals surface area contributed by atoms with Gasteiger partial charge in [0, 0.05) is 15.2 Å². The van der Waals surface area contributed by atoms with E-state index in [0.29, 0.717) is 0 Å². The number of halogens is 1. The second-order valence-electron chi connectivity index (χ2n) is 4.17. The number of hydrogen-bond donors (Lipinski definition) is 1. The topological polar surface area (TPSA) is 78.4 Å². The molecule has 0 spiro atoms. The first-order valence-electron chi connectivity index (χ1n) is 5.21. The van der Waals surface area contributed by atoms with Crippen LogP contribution in [0.2, 0.25) is 0 Å². The zero-order chi connectivity index (χ0) is 13.1. The molecule has 0 aliphatic rings. The minimum atomic E-state index is -0.475. The third-order valence-electron chi connectivity index (χ3n) is 2.48. The van der Waals surface area contributed by atoms with Crippen molar-refractivity contribution in [1.82, 2.24) is 0 Å². The molecule has 0 bridgehead atoms. The molecule has 0 radical (unpaired) electrons. The fourth-order valence-corrected chi connectivity index (χ4v) is 1.57. The second kappa shape index (κ2) is 5.63. The lowest BCUT2D eigenvalue weighted by molar-refractivity contribution is -0.386. The van der Waals surface area contributed by atoms with Crippen LogP contribution in [0.1, 0.15) is 20.3 Å². The van der Waals surface area contributed by atoms with E-state index < -0.39 is 10.5 Å². The van der Waals surface area contributed by atoms with Gasteiger partial charge in [-0.2, -0.15) is 0 Å². The molecule has 0 amide bonds. The smallest absolute Gasteiger partial charge is 0.311 e. The van der Waals surface area contributed by atoms with Gasteiger partial charge in [-0.15, -0.1) is 0 Å². The number of ether oxygens (including phenoxy) is 1. The van der Waals surface area contributed by atoms with Gasteiger partial charge in [-0.1, -0.05) is 6.92 Å². The summed E-state index contributed by atoms with van der Waals surface area (Å²) in [6.45, 7) is 4.06. The lowest BCUT2D eigenvalue weighted by atomic mass is 10.0. The largest absolute Gasteiger partial charge is 0.485 e. The minimum Gasteiger partial charge on any atom is -0.485 e. The Morgan fingerprint density at radius 1 is 1.59 bits per heavy atom. The van der Waals surface area contributed by atoms with Crippen LogP contribution in [0.5, 0.6) is 5.75 Å². The molecule has 17 heavy (non-hydrogen) atoms. The van der Waals surface area contributed by atoms with Crippen LogP contribution in [-0.4, -0.2) is 17.1 Å². The van der Waals surface area contributed by atoms with Crippen molar-refractivity contribution in [2.75, 3.05) is 6.61 Å². The molecular weight excluding hydrogens is 335 g/mol. The number of benzene rings is 1.